The Kier molecular flexibility index (Phi) is 11.1. The third-order valence-corrected chi connectivity index (χ3v) is 5.75. The first-order valence-electron chi connectivity index (χ1n) is 12.5. The first-order valence-corrected chi connectivity index (χ1v) is 12.5. The number of hydrogen-bond donors (Lipinski definition) is 2. The topological polar surface area (TPSA) is 69.6 Å². The number of nitrogens with one attached hydrogen (secondary N) is 1. The molecule has 0 aliphatic heterocycles. The van der Waals surface area contributed by atoms with Crippen LogP contribution in [0.1, 0.15) is 57.4 Å². The Morgan fingerprint density at radius 1 is 0.882 bits per heavy atom. The van der Waals surface area contributed by atoms with E-state index in [1.165, 1.54) is 44.1 Å². The highest BCUT2D eigenvalue weighted by atomic mass is 16.4. The molecule has 0 saturated heterocycles. The van der Waals surface area contributed by atoms with Gasteiger partial charge in [0.05, 0.1) is 51.5 Å². The summed E-state index contributed by atoms with van der Waals surface area (Å²) in [5, 5.41) is 12.3. The van der Waals surface area contributed by atoms with Gasteiger partial charge in [0, 0.05) is 0 Å². The maximum atomic E-state index is 13.4. The molecule has 6 heteroatoms. The van der Waals surface area contributed by atoms with Crippen LogP contribution < -0.4 is 10.2 Å². The fourth-order valence-corrected chi connectivity index (χ4v) is 4.15. The SMILES string of the molecule is CCCCCCCCc1ccc(N(C(=O)NC(CC(=O)O)C[N+](C)(C)C)c2ccccc2)cc1. The average Bonchev–Trinajstić information content (AvgIpc) is 2.76. The van der Waals surface area contributed by atoms with E-state index in [9.17, 15) is 14.7 Å². The first kappa shape index (κ1) is 27.4. The highest BCUT2D eigenvalue weighted by Crippen LogP contribution is 2.26. The monoisotopic (exact) mass is 468 g/mol. The molecule has 2 aromatic rings. The van der Waals surface area contributed by atoms with Gasteiger partial charge < -0.3 is 14.9 Å². The van der Waals surface area contributed by atoms with Crippen LogP contribution in [0.5, 0.6) is 0 Å². The third-order valence-electron chi connectivity index (χ3n) is 5.75. The van der Waals surface area contributed by atoms with Gasteiger partial charge in [-0.1, -0.05) is 69.4 Å². The second-order valence-corrected chi connectivity index (χ2v) is 10.1. The van der Waals surface area contributed by atoms with Crippen LogP contribution >= 0.6 is 0 Å². The van der Waals surface area contributed by atoms with E-state index in [4.69, 9.17) is 0 Å². The van der Waals surface area contributed by atoms with Crippen LogP contribution in [0.4, 0.5) is 16.2 Å². The van der Waals surface area contributed by atoms with Crippen molar-refractivity contribution in [2.75, 3.05) is 32.6 Å². The van der Waals surface area contributed by atoms with Crippen molar-refractivity contribution in [2.24, 2.45) is 0 Å². The number of carboxylic acid groups (broad SMARTS) is 1. The molecule has 2 amide bonds. The van der Waals surface area contributed by atoms with Crippen molar-refractivity contribution in [3.63, 3.8) is 0 Å². The minimum absolute atomic E-state index is 0.124. The van der Waals surface area contributed by atoms with Crippen LogP contribution in [0.25, 0.3) is 0 Å². The molecule has 0 saturated carbocycles. The summed E-state index contributed by atoms with van der Waals surface area (Å²) in [6, 6.07) is 16.8. The van der Waals surface area contributed by atoms with Gasteiger partial charge in [0.1, 0.15) is 0 Å². The summed E-state index contributed by atoms with van der Waals surface area (Å²) in [5.74, 6) is -0.927. The lowest BCUT2D eigenvalue weighted by Gasteiger charge is -2.31. The number of nitrogens with zero attached hydrogens (tertiary/aromatic N) is 2. The Labute approximate surface area is 205 Å². The quantitative estimate of drug-likeness (QED) is 0.264. The van der Waals surface area contributed by atoms with Crippen molar-refractivity contribution in [3.05, 3.63) is 60.2 Å². The van der Waals surface area contributed by atoms with E-state index in [1.54, 1.807) is 4.90 Å². The van der Waals surface area contributed by atoms with E-state index in [2.05, 4.69) is 24.4 Å². The number of rotatable bonds is 14. The fraction of sp³-hybridized carbons (Fsp3) is 0.500. The van der Waals surface area contributed by atoms with Gasteiger partial charge in [-0.2, -0.15) is 0 Å². The molecule has 2 N–H and O–H groups in total. The third kappa shape index (κ3) is 9.96. The predicted octanol–water partition coefficient (Wildman–Crippen LogP) is 5.99. The summed E-state index contributed by atoms with van der Waals surface area (Å²) in [6.07, 6.45) is 8.51. The van der Waals surface area contributed by atoms with Gasteiger partial charge in [-0.25, -0.2) is 4.79 Å². The molecular weight excluding hydrogens is 426 g/mol. The van der Waals surface area contributed by atoms with Gasteiger partial charge in [0.2, 0.25) is 0 Å². The van der Waals surface area contributed by atoms with Crippen LogP contribution in [-0.2, 0) is 11.2 Å². The van der Waals surface area contributed by atoms with E-state index >= 15 is 0 Å². The molecular formula is C28H42N3O3+. The van der Waals surface area contributed by atoms with Gasteiger partial charge in [-0.15, -0.1) is 0 Å². The molecule has 0 heterocycles. The van der Waals surface area contributed by atoms with Gasteiger partial charge in [-0.05, 0) is 42.7 Å². The summed E-state index contributed by atoms with van der Waals surface area (Å²) in [6.45, 7) is 2.74. The minimum atomic E-state index is -0.927. The number of aliphatic carboxylic acids is 1. The van der Waals surface area contributed by atoms with Crippen molar-refractivity contribution < 1.29 is 19.2 Å². The number of likely N-dealkylation sites (N-methyl/N-ethyl adjacent to an activating group) is 1. The Balaban J connectivity index is 2.15. The number of carbonyl (C=O) groups excluding carboxylic acids is 1. The number of urea groups is 1. The molecule has 0 aromatic heterocycles. The smallest absolute Gasteiger partial charge is 0.326 e. The normalized spacial score (nSPS) is 12.2. The second kappa shape index (κ2) is 13.8. The van der Waals surface area contributed by atoms with Crippen molar-refractivity contribution >= 4 is 23.4 Å². The number of quaternary nitrogens is 1. The highest BCUT2D eigenvalue weighted by molar-refractivity contribution is 5.99. The lowest BCUT2D eigenvalue weighted by molar-refractivity contribution is -0.871. The van der Waals surface area contributed by atoms with Crippen LogP contribution in [0, 0.1) is 0 Å². The van der Waals surface area contributed by atoms with E-state index in [-0.39, 0.29) is 12.5 Å². The summed E-state index contributed by atoms with van der Waals surface area (Å²) in [4.78, 5) is 26.5. The van der Waals surface area contributed by atoms with Crippen molar-refractivity contribution in [1.29, 1.82) is 0 Å². The zero-order valence-corrected chi connectivity index (χ0v) is 21.3. The zero-order valence-electron chi connectivity index (χ0n) is 21.3. The van der Waals surface area contributed by atoms with Crippen molar-refractivity contribution in [2.45, 2.75) is 64.3 Å². The molecule has 0 bridgehead atoms. The number of anilines is 2. The standard InChI is InChI=1S/C28H41N3O3/c1-5-6-7-8-9-11-14-23-17-19-26(20-18-23)30(25-15-12-10-13-16-25)28(34)29-24(21-27(32)33)22-31(2,3)4/h10,12-13,15-20,24H,5-9,11,14,21-22H2,1-4H3,(H-,29,32,33,34)/p+1. The molecule has 0 aliphatic carbocycles. The first-order chi connectivity index (χ1) is 16.2. The maximum Gasteiger partial charge on any atom is 0.326 e. The Morgan fingerprint density at radius 2 is 1.47 bits per heavy atom. The summed E-state index contributed by atoms with van der Waals surface area (Å²) in [7, 11) is 5.95. The number of para-hydroxylation sites is 1. The number of hydrogen-bond acceptors (Lipinski definition) is 2. The molecule has 2 aromatic carbocycles. The van der Waals surface area contributed by atoms with E-state index in [0.29, 0.717) is 11.0 Å². The molecule has 1 unspecified atom stereocenters. The number of carboxylic acids is 1. The van der Waals surface area contributed by atoms with Gasteiger partial charge in [-0.3, -0.25) is 9.69 Å². The molecule has 0 fully saturated rings. The molecule has 0 aliphatic rings. The lowest BCUT2D eigenvalue weighted by Crippen LogP contribution is -2.52. The Hall–Kier alpha value is -2.86. The van der Waals surface area contributed by atoms with Crippen LogP contribution in [0.15, 0.2) is 54.6 Å². The molecule has 0 radical (unpaired) electrons. The fourth-order valence-electron chi connectivity index (χ4n) is 4.15. The van der Waals surface area contributed by atoms with Crippen LogP contribution in [0.3, 0.4) is 0 Å². The largest absolute Gasteiger partial charge is 0.481 e. The maximum absolute atomic E-state index is 13.4. The molecule has 2 rings (SSSR count). The average molecular weight is 469 g/mol. The number of aryl methyl sites for hydroxylation is 1. The van der Waals surface area contributed by atoms with Gasteiger partial charge in [0.25, 0.3) is 0 Å². The Bertz CT molecular complexity index is 876. The summed E-state index contributed by atoms with van der Waals surface area (Å²) < 4.78 is 0.552. The summed E-state index contributed by atoms with van der Waals surface area (Å²) >= 11 is 0. The Morgan fingerprint density at radius 3 is 2.06 bits per heavy atom. The lowest BCUT2D eigenvalue weighted by atomic mass is 10.0. The second-order valence-electron chi connectivity index (χ2n) is 10.1. The molecule has 0 spiro atoms. The number of unbranched alkanes of at least 4 members (excludes halogenated alkanes) is 5. The van der Waals surface area contributed by atoms with Crippen molar-refractivity contribution in [3.8, 4) is 0 Å². The zero-order chi connectivity index (χ0) is 25.0. The molecule has 186 valence electrons. The van der Waals surface area contributed by atoms with E-state index in [0.717, 1.165) is 17.8 Å². The molecule has 34 heavy (non-hydrogen) atoms. The van der Waals surface area contributed by atoms with Crippen LogP contribution in [0.2, 0.25) is 0 Å². The van der Waals surface area contributed by atoms with Crippen molar-refractivity contribution in [1.82, 2.24) is 5.32 Å². The minimum Gasteiger partial charge on any atom is -0.481 e. The molecule has 6 nitrogen and oxygen atoms in total. The van der Waals surface area contributed by atoms with E-state index in [1.807, 2.05) is 63.6 Å². The number of benzene rings is 2. The van der Waals surface area contributed by atoms with Crippen LogP contribution in [-0.4, -0.2) is 55.3 Å². The number of carbonyl (C=O) groups is 2. The predicted molar refractivity (Wildman–Crippen MR) is 140 cm³/mol. The summed E-state index contributed by atoms with van der Waals surface area (Å²) in [5.41, 5.74) is 2.76. The van der Waals surface area contributed by atoms with Gasteiger partial charge >= 0.3 is 12.0 Å². The van der Waals surface area contributed by atoms with E-state index < -0.39 is 12.0 Å². The van der Waals surface area contributed by atoms with Gasteiger partial charge in [0.15, 0.2) is 0 Å². The molecule has 1 atom stereocenters. The number of amides is 2. The highest BCUT2D eigenvalue weighted by Gasteiger charge is 2.26.